The molecule has 1 aliphatic carbocycles. The second kappa shape index (κ2) is 9.24. The molecule has 5 nitrogen and oxygen atoms in total. The number of aromatic nitrogens is 2. The lowest BCUT2D eigenvalue weighted by Gasteiger charge is -2.19. The molecular weight excluding hydrogens is 420 g/mol. The van der Waals surface area contributed by atoms with Crippen molar-refractivity contribution in [2.45, 2.75) is 19.4 Å². The summed E-state index contributed by atoms with van der Waals surface area (Å²) in [4.78, 5) is 18.1. The Morgan fingerprint density at radius 3 is 2.81 bits per heavy atom. The third kappa shape index (κ3) is 4.50. The predicted octanol–water partition coefficient (Wildman–Crippen LogP) is 6.03. The van der Waals surface area contributed by atoms with Gasteiger partial charge in [0, 0.05) is 23.5 Å². The number of nitrogens with zero attached hydrogens (tertiary/aromatic N) is 2. The molecule has 0 radical (unpaired) electrons. The first-order valence-corrected chi connectivity index (χ1v) is 11.4. The van der Waals surface area contributed by atoms with Crippen LogP contribution in [0, 0.1) is 0 Å². The van der Waals surface area contributed by atoms with Crippen molar-refractivity contribution in [3.05, 3.63) is 100 Å². The topological polar surface area (TPSA) is 53.4 Å². The van der Waals surface area contributed by atoms with Crippen molar-refractivity contribution in [3.8, 4) is 17.2 Å². The van der Waals surface area contributed by atoms with Gasteiger partial charge in [0.25, 0.3) is 0 Å². The van der Waals surface area contributed by atoms with E-state index in [4.69, 9.17) is 9.47 Å². The Labute approximate surface area is 190 Å². The summed E-state index contributed by atoms with van der Waals surface area (Å²) in [5.41, 5.74) is 2.61. The number of ketones is 1. The number of carbonyl (C=O) groups is 1. The van der Waals surface area contributed by atoms with Crippen molar-refractivity contribution in [2.75, 3.05) is 6.61 Å². The Bertz CT molecular complexity index is 1240. The summed E-state index contributed by atoms with van der Waals surface area (Å²) in [5.74, 6) is 2.43. The highest BCUT2D eigenvalue weighted by Gasteiger charge is 2.23. The van der Waals surface area contributed by atoms with Gasteiger partial charge in [-0.3, -0.25) is 4.79 Å². The van der Waals surface area contributed by atoms with Gasteiger partial charge < -0.3 is 14.0 Å². The number of allylic oxidation sites excluding steroid dienone is 1. The van der Waals surface area contributed by atoms with Crippen LogP contribution in [0.3, 0.4) is 0 Å². The molecule has 6 heteroatoms. The molecule has 0 spiro atoms. The summed E-state index contributed by atoms with van der Waals surface area (Å²) in [6.45, 7) is 1.29. The van der Waals surface area contributed by atoms with Crippen LogP contribution in [-0.4, -0.2) is 21.9 Å². The van der Waals surface area contributed by atoms with Crippen LogP contribution in [0.15, 0.2) is 84.3 Å². The normalized spacial score (nSPS) is 14.4. The first-order chi connectivity index (χ1) is 15.8. The third-order valence-corrected chi connectivity index (χ3v) is 6.23. The molecule has 2 aromatic carbocycles. The average Bonchev–Trinajstić information content (AvgIpc) is 3.49. The summed E-state index contributed by atoms with van der Waals surface area (Å²) in [6.07, 6.45) is 8.92. The fourth-order valence-corrected chi connectivity index (χ4v) is 4.52. The lowest BCUT2D eigenvalue weighted by Crippen LogP contribution is -2.14. The van der Waals surface area contributed by atoms with Gasteiger partial charge in [-0.05, 0) is 66.3 Å². The molecule has 0 fully saturated rings. The molecule has 0 amide bonds. The van der Waals surface area contributed by atoms with Gasteiger partial charge in [-0.25, -0.2) is 4.98 Å². The van der Waals surface area contributed by atoms with E-state index in [0.717, 1.165) is 51.8 Å². The molecule has 2 heterocycles. The summed E-state index contributed by atoms with van der Waals surface area (Å²) >= 11 is 1.58. The molecule has 4 aromatic rings. The van der Waals surface area contributed by atoms with E-state index in [9.17, 15) is 4.79 Å². The molecule has 0 atom stereocenters. The van der Waals surface area contributed by atoms with Crippen LogP contribution in [0.4, 0.5) is 0 Å². The summed E-state index contributed by atoms with van der Waals surface area (Å²) in [6, 6.07) is 17.4. The Hall–Kier alpha value is -3.64. The number of fused-ring (bicyclic) bond motifs is 1. The van der Waals surface area contributed by atoms with Crippen LogP contribution in [0.2, 0.25) is 0 Å². The van der Waals surface area contributed by atoms with Crippen LogP contribution < -0.4 is 9.47 Å². The van der Waals surface area contributed by atoms with Crippen molar-refractivity contribution in [3.63, 3.8) is 0 Å². The molecule has 32 heavy (non-hydrogen) atoms. The van der Waals surface area contributed by atoms with Gasteiger partial charge >= 0.3 is 0 Å². The smallest absolute Gasteiger partial charge is 0.189 e. The summed E-state index contributed by atoms with van der Waals surface area (Å²) < 4.78 is 13.9. The van der Waals surface area contributed by atoms with Crippen molar-refractivity contribution >= 4 is 23.2 Å². The highest BCUT2D eigenvalue weighted by atomic mass is 32.1. The fraction of sp³-hybridized carbons (Fsp3) is 0.154. The van der Waals surface area contributed by atoms with E-state index < -0.39 is 0 Å². The maximum Gasteiger partial charge on any atom is 0.189 e. The quantitative estimate of drug-likeness (QED) is 0.328. The molecule has 160 valence electrons. The van der Waals surface area contributed by atoms with Crippen molar-refractivity contribution < 1.29 is 14.3 Å². The number of benzene rings is 2. The minimum atomic E-state index is 0.0790. The molecule has 0 bridgehead atoms. The zero-order valence-corrected chi connectivity index (χ0v) is 18.3. The molecule has 1 aliphatic rings. The van der Waals surface area contributed by atoms with Gasteiger partial charge in [0.2, 0.25) is 0 Å². The fourth-order valence-electron chi connectivity index (χ4n) is 3.74. The van der Waals surface area contributed by atoms with E-state index in [2.05, 4.69) is 4.98 Å². The molecule has 2 aromatic heterocycles. The van der Waals surface area contributed by atoms with E-state index >= 15 is 0 Å². The van der Waals surface area contributed by atoms with Gasteiger partial charge in [-0.15, -0.1) is 11.3 Å². The number of hydrogen-bond donors (Lipinski definition) is 0. The zero-order chi connectivity index (χ0) is 21.8. The highest BCUT2D eigenvalue weighted by Crippen LogP contribution is 2.35. The van der Waals surface area contributed by atoms with E-state index in [0.29, 0.717) is 13.0 Å². The van der Waals surface area contributed by atoms with Crippen molar-refractivity contribution in [1.29, 1.82) is 0 Å². The number of thiophene rings is 1. The van der Waals surface area contributed by atoms with E-state index in [1.165, 1.54) is 0 Å². The molecular formula is C26H22N2O3S. The number of Topliss-reactive ketones (excluding diaryl/α,β-unsaturated/α-hetero) is 1. The standard InChI is InChI=1S/C26H22N2O3S/c29-26-20(17-25-24(10-15-32-25)31-21-4-2-1-3-5-21)7-6-19-16-22(8-9-23(19)26)30-14-13-28-12-11-27-18-28/h1-5,8-12,15-18H,6-7,13-14H2/b20-17-. The SMILES string of the molecule is O=C1/C(=C\c2sccc2Oc2ccccc2)CCc2cc(OCCn3ccnc3)ccc21. The summed E-state index contributed by atoms with van der Waals surface area (Å²) in [7, 11) is 0. The molecule has 0 unspecified atom stereocenters. The first-order valence-electron chi connectivity index (χ1n) is 10.5. The Morgan fingerprint density at radius 2 is 1.97 bits per heavy atom. The van der Waals surface area contributed by atoms with E-state index in [1.54, 1.807) is 23.9 Å². The number of ether oxygens (including phenoxy) is 2. The van der Waals surface area contributed by atoms with Crippen LogP contribution in [-0.2, 0) is 13.0 Å². The number of imidazole rings is 1. The second-order valence-corrected chi connectivity index (χ2v) is 8.48. The number of carbonyl (C=O) groups excluding carboxylic acids is 1. The Morgan fingerprint density at radius 1 is 1.06 bits per heavy atom. The van der Waals surface area contributed by atoms with Gasteiger partial charge in [0.15, 0.2) is 5.78 Å². The molecule has 0 saturated carbocycles. The highest BCUT2D eigenvalue weighted by molar-refractivity contribution is 7.11. The van der Waals surface area contributed by atoms with Crippen molar-refractivity contribution in [2.24, 2.45) is 0 Å². The molecule has 0 saturated heterocycles. The largest absolute Gasteiger partial charge is 0.492 e. The van der Waals surface area contributed by atoms with Crippen LogP contribution >= 0.6 is 11.3 Å². The van der Waals surface area contributed by atoms with Crippen molar-refractivity contribution in [1.82, 2.24) is 9.55 Å². The second-order valence-electron chi connectivity index (χ2n) is 7.53. The van der Waals surface area contributed by atoms with Crippen LogP contribution in [0.25, 0.3) is 6.08 Å². The van der Waals surface area contributed by atoms with E-state index in [1.807, 2.05) is 76.8 Å². The minimum absolute atomic E-state index is 0.0790. The first kappa shape index (κ1) is 20.3. The third-order valence-electron chi connectivity index (χ3n) is 5.39. The van der Waals surface area contributed by atoms with Crippen LogP contribution in [0.5, 0.6) is 17.2 Å². The average molecular weight is 443 g/mol. The van der Waals surface area contributed by atoms with Gasteiger partial charge in [-0.2, -0.15) is 0 Å². The van der Waals surface area contributed by atoms with E-state index in [-0.39, 0.29) is 5.78 Å². The van der Waals surface area contributed by atoms with Gasteiger partial charge in [0.05, 0.1) is 17.7 Å². The summed E-state index contributed by atoms with van der Waals surface area (Å²) in [5, 5.41) is 1.99. The lowest BCUT2D eigenvalue weighted by molar-refractivity contribution is 0.102. The number of rotatable bonds is 7. The molecule has 5 rings (SSSR count). The number of aryl methyl sites for hydroxylation is 1. The van der Waals surface area contributed by atoms with Gasteiger partial charge in [0.1, 0.15) is 23.9 Å². The lowest BCUT2D eigenvalue weighted by atomic mass is 9.86. The Kier molecular flexibility index (Phi) is 5.85. The Balaban J connectivity index is 1.29. The predicted molar refractivity (Wildman–Crippen MR) is 126 cm³/mol. The molecule has 0 aliphatic heterocycles. The maximum absolute atomic E-state index is 13.1. The maximum atomic E-state index is 13.1. The zero-order valence-electron chi connectivity index (χ0n) is 17.4. The minimum Gasteiger partial charge on any atom is -0.492 e. The monoisotopic (exact) mass is 442 g/mol. The van der Waals surface area contributed by atoms with Crippen LogP contribution in [0.1, 0.15) is 27.2 Å². The van der Waals surface area contributed by atoms with Gasteiger partial charge in [-0.1, -0.05) is 18.2 Å². The molecule has 0 N–H and O–H groups in total. The number of para-hydroxylation sites is 1. The number of hydrogen-bond acceptors (Lipinski definition) is 5.